The number of rotatable bonds is 6. The first-order valence-corrected chi connectivity index (χ1v) is 10.1. The SMILES string of the molecule is Cc1csc2c(C(=O)NCc3ccccn3)nc(NC(C)c3ccccn3)nc12. The van der Waals surface area contributed by atoms with Crippen LogP contribution in [0, 0.1) is 6.92 Å². The van der Waals surface area contributed by atoms with E-state index < -0.39 is 0 Å². The van der Waals surface area contributed by atoms with Gasteiger partial charge in [-0.1, -0.05) is 12.1 Å². The maximum Gasteiger partial charge on any atom is 0.271 e. The average molecular weight is 404 g/mol. The zero-order valence-electron chi connectivity index (χ0n) is 16.1. The lowest BCUT2D eigenvalue weighted by Crippen LogP contribution is -2.25. The molecule has 146 valence electrons. The first-order chi connectivity index (χ1) is 14.1. The van der Waals surface area contributed by atoms with Crippen molar-refractivity contribution < 1.29 is 4.79 Å². The molecule has 1 unspecified atom stereocenters. The van der Waals surface area contributed by atoms with Crippen LogP contribution >= 0.6 is 11.3 Å². The quantitative estimate of drug-likeness (QED) is 0.506. The molecule has 1 amide bonds. The Morgan fingerprint density at radius 3 is 2.62 bits per heavy atom. The summed E-state index contributed by atoms with van der Waals surface area (Å²) < 4.78 is 0.775. The second kappa shape index (κ2) is 8.32. The van der Waals surface area contributed by atoms with Gasteiger partial charge in [0, 0.05) is 12.4 Å². The minimum absolute atomic E-state index is 0.1000. The van der Waals surface area contributed by atoms with Crippen molar-refractivity contribution in [3.05, 3.63) is 76.8 Å². The molecule has 1 atom stereocenters. The molecule has 0 radical (unpaired) electrons. The van der Waals surface area contributed by atoms with E-state index in [-0.39, 0.29) is 11.9 Å². The number of nitrogens with zero attached hydrogens (tertiary/aromatic N) is 4. The highest BCUT2D eigenvalue weighted by Gasteiger charge is 2.19. The highest BCUT2D eigenvalue weighted by molar-refractivity contribution is 7.17. The lowest BCUT2D eigenvalue weighted by Gasteiger charge is -2.14. The van der Waals surface area contributed by atoms with E-state index in [1.807, 2.05) is 55.6 Å². The number of amides is 1. The third kappa shape index (κ3) is 4.22. The molecule has 0 bridgehead atoms. The van der Waals surface area contributed by atoms with Gasteiger partial charge >= 0.3 is 0 Å². The number of hydrogen-bond donors (Lipinski definition) is 2. The van der Waals surface area contributed by atoms with Gasteiger partial charge in [0.25, 0.3) is 5.91 Å². The van der Waals surface area contributed by atoms with Crippen LogP contribution in [0.15, 0.2) is 54.2 Å². The monoisotopic (exact) mass is 404 g/mol. The van der Waals surface area contributed by atoms with E-state index in [1.165, 1.54) is 11.3 Å². The summed E-state index contributed by atoms with van der Waals surface area (Å²) in [6.07, 6.45) is 3.45. The van der Waals surface area contributed by atoms with E-state index in [4.69, 9.17) is 0 Å². The van der Waals surface area contributed by atoms with E-state index in [2.05, 4.69) is 30.6 Å². The highest BCUT2D eigenvalue weighted by Crippen LogP contribution is 2.28. The second-order valence-corrected chi connectivity index (χ2v) is 7.50. The second-order valence-electron chi connectivity index (χ2n) is 6.62. The Bertz CT molecular complexity index is 1130. The van der Waals surface area contributed by atoms with Crippen LogP contribution in [-0.2, 0) is 6.54 Å². The molecule has 4 heterocycles. The average Bonchev–Trinajstić information content (AvgIpc) is 3.13. The maximum atomic E-state index is 12.9. The van der Waals surface area contributed by atoms with Gasteiger partial charge in [0.1, 0.15) is 0 Å². The number of fused-ring (bicyclic) bond motifs is 1. The number of hydrogen-bond acceptors (Lipinski definition) is 7. The Morgan fingerprint density at radius 2 is 1.90 bits per heavy atom. The molecule has 4 rings (SSSR count). The van der Waals surface area contributed by atoms with Gasteiger partial charge in [0.15, 0.2) is 5.69 Å². The van der Waals surface area contributed by atoms with Gasteiger partial charge < -0.3 is 10.6 Å². The first-order valence-electron chi connectivity index (χ1n) is 9.23. The number of aryl methyl sites for hydroxylation is 1. The minimum Gasteiger partial charge on any atom is -0.346 e. The van der Waals surface area contributed by atoms with Crippen LogP contribution in [0.25, 0.3) is 10.2 Å². The Labute approximate surface area is 172 Å². The fourth-order valence-corrected chi connectivity index (χ4v) is 3.88. The Hall–Kier alpha value is -3.39. The Kier molecular flexibility index (Phi) is 5.44. The van der Waals surface area contributed by atoms with Gasteiger partial charge in [-0.3, -0.25) is 14.8 Å². The molecular weight excluding hydrogens is 384 g/mol. The number of anilines is 1. The summed E-state index contributed by atoms with van der Waals surface area (Å²) in [5.74, 6) is 0.151. The van der Waals surface area contributed by atoms with Gasteiger partial charge in [0.05, 0.1) is 34.2 Å². The molecule has 0 aliphatic rings. The maximum absolute atomic E-state index is 12.9. The van der Waals surface area contributed by atoms with Crippen molar-refractivity contribution in [2.45, 2.75) is 26.4 Å². The Balaban J connectivity index is 1.61. The Morgan fingerprint density at radius 1 is 1.10 bits per heavy atom. The van der Waals surface area contributed by atoms with Crippen LogP contribution in [0.4, 0.5) is 5.95 Å². The topological polar surface area (TPSA) is 92.7 Å². The normalized spacial score (nSPS) is 11.9. The summed E-state index contributed by atoms with van der Waals surface area (Å²) >= 11 is 1.47. The molecule has 4 aromatic rings. The molecule has 2 N–H and O–H groups in total. The molecule has 0 saturated heterocycles. The van der Waals surface area contributed by atoms with Gasteiger partial charge in [0.2, 0.25) is 5.95 Å². The third-order valence-corrected chi connectivity index (χ3v) is 5.53. The molecule has 0 fully saturated rings. The summed E-state index contributed by atoms with van der Waals surface area (Å²) in [6.45, 7) is 4.30. The van der Waals surface area contributed by atoms with E-state index in [1.54, 1.807) is 12.4 Å². The molecule has 0 aliphatic heterocycles. The summed E-state index contributed by atoms with van der Waals surface area (Å²) in [5.41, 5.74) is 3.82. The number of thiophene rings is 1. The molecule has 29 heavy (non-hydrogen) atoms. The largest absolute Gasteiger partial charge is 0.346 e. The smallest absolute Gasteiger partial charge is 0.271 e. The van der Waals surface area contributed by atoms with Crippen molar-refractivity contribution in [2.75, 3.05) is 5.32 Å². The standard InChI is InChI=1S/C21H20N6OS/c1-13-12-29-19-17(13)26-21(25-14(2)16-8-4-6-10-23-16)27-18(19)20(28)24-11-15-7-3-5-9-22-15/h3-10,12,14H,11H2,1-2H3,(H,24,28)(H,25,26,27). The van der Waals surface area contributed by atoms with Crippen LogP contribution in [0.3, 0.4) is 0 Å². The number of carbonyl (C=O) groups is 1. The molecule has 7 nitrogen and oxygen atoms in total. The third-order valence-electron chi connectivity index (χ3n) is 4.44. The van der Waals surface area contributed by atoms with Gasteiger partial charge in [-0.05, 0) is 49.1 Å². The minimum atomic E-state index is -0.251. The lowest BCUT2D eigenvalue weighted by molar-refractivity contribution is 0.0947. The summed E-state index contributed by atoms with van der Waals surface area (Å²) in [7, 11) is 0. The predicted molar refractivity (Wildman–Crippen MR) is 114 cm³/mol. The number of carbonyl (C=O) groups excluding carboxylic acids is 1. The van der Waals surface area contributed by atoms with Gasteiger partial charge in [-0.25, -0.2) is 9.97 Å². The van der Waals surface area contributed by atoms with Crippen LogP contribution < -0.4 is 10.6 Å². The van der Waals surface area contributed by atoms with E-state index >= 15 is 0 Å². The number of nitrogens with one attached hydrogen (secondary N) is 2. The fraction of sp³-hybridized carbons (Fsp3) is 0.190. The lowest BCUT2D eigenvalue weighted by atomic mass is 10.2. The first kappa shape index (κ1) is 18.9. The van der Waals surface area contributed by atoms with Crippen molar-refractivity contribution in [2.24, 2.45) is 0 Å². The zero-order chi connectivity index (χ0) is 20.2. The zero-order valence-corrected chi connectivity index (χ0v) is 16.9. The molecule has 0 saturated carbocycles. The van der Waals surface area contributed by atoms with Crippen molar-refractivity contribution in [1.82, 2.24) is 25.3 Å². The van der Waals surface area contributed by atoms with Crippen molar-refractivity contribution in [3.63, 3.8) is 0 Å². The van der Waals surface area contributed by atoms with E-state index in [0.717, 1.165) is 27.2 Å². The predicted octanol–water partition coefficient (Wildman–Crippen LogP) is 3.89. The molecule has 0 aliphatic carbocycles. The van der Waals surface area contributed by atoms with Crippen molar-refractivity contribution in [3.8, 4) is 0 Å². The molecule has 4 aromatic heterocycles. The molecule has 0 aromatic carbocycles. The van der Waals surface area contributed by atoms with Crippen LogP contribution in [0.5, 0.6) is 0 Å². The van der Waals surface area contributed by atoms with Crippen molar-refractivity contribution in [1.29, 1.82) is 0 Å². The van der Waals surface area contributed by atoms with E-state index in [9.17, 15) is 4.79 Å². The van der Waals surface area contributed by atoms with Gasteiger partial charge in [-0.2, -0.15) is 0 Å². The summed E-state index contributed by atoms with van der Waals surface area (Å²) in [5, 5.41) is 8.15. The van der Waals surface area contributed by atoms with Gasteiger partial charge in [-0.15, -0.1) is 11.3 Å². The fourth-order valence-electron chi connectivity index (χ4n) is 2.91. The molecule has 8 heteroatoms. The highest BCUT2D eigenvalue weighted by atomic mass is 32.1. The van der Waals surface area contributed by atoms with Crippen LogP contribution in [0.2, 0.25) is 0 Å². The molecule has 0 spiro atoms. The van der Waals surface area contributed by atoms with Crippen LogP contribution in [-0.4, -0.2) is 25.8 Å². The van der Waals surface area contributed by atoms with E-state index in [0.29, 0.717) is 18.2 Å². The number of pyridine rings is 2. The van der Waals surface area contributed by atoms with Crippen molar-refractivity contribution >= 4 is 33.4 Å². The summed E-state index contributed by atoms with van der Waals surface area (Å²) in [4.78, 5) is 30.6. The summed E-state index contributed by atoms with van der Waals surface area (Å²) in [6, 6.07) is 11.2. The van der Waals surface area contributed by atoms with Crippen LogP contribution in [0.1, 0.15) is 40.4 Å². The number of aromatic nitrogens is 4. The molecular formula is C21H20N6OS.